The van der Waals surface area contributed by atoms with E-state index in [1.54, 1.807) is 11.9 Å². The SMILES string of the molecule is Cc1c(C(=O)N2CCCC(N(C)CC(=O)O)CC2)c(=O)[nH]c2ccccc12. The number of fused-ring (bicyclic) bond motifs is 1. The second-order valence-electron chi connectivity index (χ2n) is 7.19. The van der Waals surface area contributed by atoms with Crippen LogP contribution in [0.3, 0.4) is 0 Å². The molecule has 1 saturated heterocycles. The number of benzene rings is 1. The van der Waals surface area contributed by atoms with Crippen molar-refractivity contribution in [2.75, 3.05) is 26.7 Å². The lowest BCUT2D eigenvalue weighted by Crippen LogP contribution is -2.38. The predicted octanol–water partition coefficient (Wildman–Crippen LogP) is 1.85. The van der Waals surface area contributed by atoms with Crippen LogP contribution in [0.2, 0.25) is 0 Å². The number of carbonyl (C=O) groups is 2. The van der Waals surface area contributed by atoms with Gasteiger partial charge in [0.25, 0.3) is 11.5 Å². The number of hydrogen-bond acceptors (Lipinski definition) is 4. The van der Waals surface area contributed by atoms with Gasteiger partial charge in [-0.2, -0.15) is 0 Å². The van der Waals surface area contributed by atoms with Crippen molar-refractivity contribution >= 4 is 22.8 Å². The number of nitrogens with one attached hydrogen (secondary N) is 1. The summed E-state index contributed by atoms with van der Waals surface area (Å²) in [5.74, 6) is -1.10. The quantitative estimate of drug-likeness (QED) is 0.855. The maximum absolute atomic E-state index is 13.1. The van der Waals surface area contributed by atoms with Gasteiger partial charge >= 0.3 is 5.97 Å². The number of nitrogens with zero attached hydrogens (tertiary/aromatic N) is 2. The Bertz CT molecular complexity index is 921. The van der Waals surface area contributed by atoms with E-state index in [0.29, 0.717) is 25.1 Å². The Morgan fingerprint density at radius 3 is 2.74 bits per heavy atom. The normalized spacial score (nSPS) is 17.9. The number of aromatic amines is 1. The number of aryl methyl sites for hydroxylation is 1. The fourth-order valence-corrected chi connectivity index (χ4v) is 3.89. The van der Waals surface area contributed by atoms with E-state index in [1.807, 2.05) is 36.1 Å². The van der Waals surface area contributed by atoms with E-state index in [0.717, 1.165) is 23.7 Å². The number of amides is 1. The zero-order valence-electron chi connectivity index (χ0n) is 15.7. The number of aliphatic carboxylic acids is 1. The van der Waals surface area contributed by atoms with Crippen LogP contribution < -0.4 is 5.56 Å². The maximum Gasteiger partial charge on any atom is 0.317 e. The second-order valence-corrected chi connectivity index (χ2v) is 7.19. The first-order valence-corrected chi connectivity index (χ1v) is 9.21. The highest BCUT2D eigenvalue weighted by atomic mass is 16.4. The smallest absolute Gasteiger partial charge is 0.317 e. The minimum atomic E-state index is -0.854. The lowest BCUT2D eigenvalue weighted by atomic mass is 10.0. The molecule has 7 nitrogen and oxygen atoms in total. The third kappa shape index (κ3) is 4.03. The van der Waals surface area contributed by atoms with Crippen LogP contribution in [0.4, 0.5) is 0 Å². The maximum atomic E-state index is 13.1. The molecular formula is C20H25N3O4. The molecule has 2 N–H and O–H groups in total. The summed E-state index contributed by atoms with van der Waals surface area (Å²) in [4.78, 5) is 42.9. The van der Waals surface area contributed by atoms with Crippen LogP contribution in [-0.4, -0.2) is 64.5 Å². The highest BCUT2D eigenvalue weighted by molar-refractivity contribution is 5.99. The number of aromatic nitrogens is 1. The zero-order chi connectivity index (χ0) is 19.6. The van der Waals surface area contributed by atoms with Gasteiger partial charge in [0.15, 0.2) is 0 Å². The van der Waals surface area contributed by atoms with Crippen molar-refractivity contribution in [3.8, 4) is 0 Å². The number of pyridine rings is 1. The molecule has 1 atom stereocenters. The molecule has 0 aliphatic carbocycles. The molecule has 1 aliphatic heterocycles. The van der Waals surface area contributed by atoms with Gasteiger partial charge in [0.2, 0.25) is 0 Å². The lowest BCUT2D eigenvalue weighted by molar-refractivity contribution is -0.138. The number of likely N-dealkylation sites (tertiary alicyclic amines) is 1. The van der Waals surface area contributed by atoms with Crippen molar-refractivity contribution in [2.24, 2.45) is 0 Å². The third-order valence-corrected chi connectivity index (χ3v) is 5.39. The van der Waals surface area contributed by atoms with Gasteiger partial charge < -0.3 is 15.0 Å². The van der Waals surface area contributed by atoms with Gasteiger partial charge in [0.1, 0.15) is 5.56 Å². The largest absolute Gasteiger partial charge is 0.480 e. The molecule has 1 aliphatic rings. The Kier molecular flexibility index (Phi) is 5.60. The molecule has 1 aromatic carbocycles. The minimum absolute atomic E-state index is 0.0118. The first-order chi connectivity index (χ1) is 12.9. The Labute approximate surface area is 157 Å². The molecule has 2 aromatic rings. The summed E-state index contributed by atoms with van der Waals surface area (Å²) >= 11 is 0. The molecule has 1 amide bonds. The Morgan fingerprint density at radius 2 is 2.00 bits per heavy atom. The summed E-state index contributed by atoms with van der Waals surface area (Å²) in [6, 6.07) is 7.58. The minimum Gasteiger partial charge on any atom is -0.480 e. The van der Waals surface area contributed by atoms with E-state index < -0.39 is 5.97 Å². The van der Waals surface area contributed by atoms with E-state index in [-0.39, 0.29) is 29.6 Å². The van der Waals surface area contributed by atoms with E-state index in [9.17, 15) is 14.4 Å². The van der Waals surface area contributed by atoms with Crippen LogP contribution in [0.25, 0.3) is 10.9 Å². The number of H-pyrrole nitrogens is 1. The van der Waals surface area contributed by atoms with Crippen LogP contribution in [0, 0.1) is 6.92 Å². The van der Waals surface area contributed by atoms with Gasteiger partial charge in [-0.25, -0.2) is 0 Å². The van der Waals surface area contributed by atoms with E-state index >= 15 is 0 Å². The average Bonchev–Trinajstić information content (AvgIpc) is 2.87. The third-order valence-electron chi connectivity index (χ3n) is 5.39. The van der Waals surface area contributed by atoms with Crippen molar-refractivity contribution in [1.82, 2.24) is 14.8 Å². The molecule has 2 heterocycles. The lowest BCUT2D eigenvalue weighted by Gasteiger charge is -2.25. The Morgan fingerprint density at radius 1 is 1.26 bits per heavy atom. The van der Waals surface area contributed by atoms with Crippen LogP contribution in [-0.2, 0) is 4.79 Å². The highest BCUT2D eigenvalue weighted by Gasteiger charge is 2.27. The van der Waals surface area contributed by atoms with E-state index in [4.69, 9.17) is 5.11 Å². The van der Waals surface area contributed by atoms with Crippen molar-refractivity contribution in [2.45, 2.75) is 32.2 Å². The molecule has 7 heteroatoms. The standard InChI is InChI=1S/C20H25N3O4/c1-13-15-7-3-4-8-16(15)21-19(26)18(13)20(27)23-10-5-6-14(9-11-23)22(2)12-17(24)25/h3-4,7-8,14H,5-6,9-12H2,1-2H3,(H,21,26)(H,24,25). The van der Waals surface area contributed by atoms with Crippen LogP contribution in [0.1, 0.15) is 35.2 Å². The van der Waals surface area contributed by atoms with Crippen LogP contribution in [0.15, 0.2) is 29.1 Å². The number of carbonyl (C=O) groups excluding carboxylic acids is 1. The summed E-state index contributed by atoms with van der Waals surface area (Å²) < 4.78 is 0. The molecule has 0 bridgehead atoms. The summed E-state index contributed by atoms with van der Waals surface area (Å²) in [7, 11) is 1.80. The average molecular weight is 371 g/mol. The molecule has 0 saturated carbocycles. The van der Waals surface area contributed by atoms with Gasteiger partial charge in [-0.3, -0.25) is 19.3 Å². The summed E-state index contributed by atoms with van der Waals surface area (Å²) in [6.45, 7) is 2.88. The van der Waals surface area contributed by atoms with Crippen molar-refractivity contribution in [3.05, 3.63) is 45.7 Å². The van der Waals surface area contributed by atoms with Gasteiger partial charge in [-0.15, -0.1) is 0 Å². The first-order valence-electron chi connectivity index (χ1n) is 9.21. The summed E-state index contributed by atoms with van der Waals surface area (Å²) in [5, 5.41) is 9.85. The monoisotopic (exact) mass is 371 g/mol. The molecule has 1 unspecified atom stereocenters. The molecule has 0 radical (unpaired) electrons. The number of likely N-dealkylation sites (N-methyl/N-ethyl adjacent to an activating group) is 1. The van der Waals surface area contributed by atoms with Gasteiger partial charge in [-0.05, 0) is 44.9 Å². The fourth-order valence-electron chi connectivity index (χ4n) is 3.89. The number of rotatable bonds is 4. The van der Waals surface area contributed by atoms with Gasteiger partial charge in [0.05, 0.1) is 6.54 Å². The molecule has 3 rings (SSSR count). The Balaban J connectivity index is 1.81. The number of carboxylic acid groups (broad SMARTS) is 1. The molecule has 27 heavy (non-hydrogen) atoms. The zero-order valence-corrected chi connectivity index (χ0v) is 15.7. The predicted molar refractivity (Wildman–Crippen MR) is 103 cm³/mol. The van der Waals surface area contributed by atoms with E-state index in [2.05, 4.69) is 4.98 Å². The van der Waals surface area contributed by atoms with Crippen LogP contribution >= 0.6 is 0 Å². The van der Waals surface area contributed by atoms with Crippen molar-refractivity contribution in [1.29, 1.82) is 0 Å². The molecule has 144 valence electrons. The highest BCUT2D eigenvalue weighted by Crippen LogP contribution is 2.21. The molecular weight excluding hydrogens is 346 g/mol. The van der Waals surface area contributed by atoms with Gasteiger partial charge in [-0.1, -0.05) is 18.2 Å². The van der Waals surface area contributed by atoms with Crippen molar-refractivity contribution in [3.63, 3.8) is 0 Å². The number of para-hydroxylation sites is 1. The number of hydrogen-bond donors (Lipinski definition) is 2. The van der Waals surface area contributed by atoms with E-state index in [1.165, 1.54) is 0 Å². The summed E-state index contributed by atoms with van der Waals surface area (Å²) in [5.41, 5.74) is 1.26. The Hall–Kier alpha value is -2.67. The second kappa shape index (κ2) is 7.92. The van der Waals surface area contributed by atoms with Crippen LogP contribution in [0.5, 0.6) is 0 Å². The number of carboxylic acids is 1. The molecule has 0 spiro atoms. The topological polar surface area (TPSA) is 93.7 Å². The van der Waals surface area contributed by atoms with Crippen molar-refractivity contribution < 1.29 is 14.7 Å². The molecule has 1 fully saturated rings. The first kappa shape index (κ1) is 19.1. The van der Waals surface area contributed by atoms with Gasteiger partial charge in [0, 0.05) is 30.0 Å². The fraction of sp³-hybridized carbons (Fsp3) is 0.450. The molecule has 1 aromatic heterocycles. The summed E-state index contributed by atoms with van der Waals surface area (Å²) in [6.07, 6.45) is 2.31.